The van der Waals surface area contributed by atoms with Gasteiger partial charge in [-0.25, -0.2) is 4.79 Å². The third-order valence-electron chi connectivity index (χ3n) is 3.65. The highest BCUT2D eigenvalue weighted by Crippen LogP contribution is 2.15. The van der Waals surface area contributed by atoms with Gasteiger partial charge in [0.25, 0.3) is 5.91 Å². The van der Waals surface area contributed by atoms with Crippen LogP contribution in [0.4, 0.5) is 10.5 Å². The number of hydrogen-bond acceptors (Lipinski definition) is 4. The number of benzene rings is 2. The SMILES string of the molecule is CC(C)(C)NC(=O)c1ccccc1NCC(=O)NC(=O)NCc1ccccc1. The molecule has 2 aromatic carbocycles. The molecule has 0 aliphatic heterocycles. The van der Waals surface area contributed by atoms with E-state index in [1.807, 2.05) is 51.1 Å². The Kier molecular flexibility index (Phi) is 7.14. The molecular weight excluding hydrogens is 356 g/mol. The smallest absolute Gasteiger partial charge is 0.321 e. The van der Waals surface area contributed by atoms with Gasteiger partial charge in [0.05, 0.1) is 12.1 Å². The predicted octanol–water partition coefficient (Wildman–Crippen LogP) is 2.65. The third-order valence-corrected chi connectivity index (χ3v) is 3.65. The zero-order valence-electron chi connectivity index (χ0n) is 16.3. The van der Waals surface area contributed by atoms with Crippen LogP contribution in [0.3, 0.4) is 0 Å². The maximum absolute atomic E-state index is 12.4. The zero-order valence-corrected chi connectivity index (χ0v) is 16.3. The zero-order chi connectivity index (χ0) is 20.6. The molecule has 7 nitrogen and oxygen atoms in total. The molecule has 2 aromatic rings. The molecule has 0 aliphatic carbocycles. The molecular formula is C21H26N4O3. The van der Waals surface area contributed by atoms with Crippen LogP contribution in [0, 0.1) is 0 Å². The maximum atomic E-state index is 12.4. The van der Waals surface area contributed by atoms with E-state index in [4.69, 9.17) is 0 Å². The first-order valence-corrected chi connectivity index (χ1v) is 9.01. The van der Waals surface area contributed by atoms with E-state index in [2.05, 4.69) is 21.3 Å². The minimum atomic E-state index is -0.575. The highest BCUT2D eigenvalue weighted by atomic mass is 16.2. The highest BCUT2D eigenvalue weighted by molar-refractivity contribution is 6.01. The molecule has 0 aromatic heterocycles. The second-order valence-electron chi connectivity index (χ2n) is 7.32. The number of hydrogen-bond donors (Lipinski definition) is 4. The Bertz CT molecular complexity index is 829. The van der Waals surface area contributed by atoms with Crippen LogP contribution in [-0.2, 0) is 11.3 Å². The number of anilines is 1. The number of nitrogens with one attached hydrogen (secondary N) is 4. The first-order chi connectivity index (χ1) is 13.2. The number of rotatable bonds is 6. The number of amides is 4. The molecule has 0 atom stereocenters. The van der Waals surface area contributed by atoms with Crippen LogP contribution >= 0.6 is 0 Å². The van der Waals surface area contributed by atoms with Crippen molar-refractivity contribution >= 4 is 23.5 Å². The van der Waals surface area contributed by atoms with Crippen molar-refractivity contribution in [2.45, 2.75) is 32.9 Å². The van der Waals surface area contributed by atoms with Gasteiger partial charge < -0.3 is 16.0 Å². The topological polar surface area (TPSA) is 99.3 Å². The molecule has 0 heterocycles. The van der Waals surface area contributed by atoms with Gasteiger partial charge in [-0.05, 0) is 38.5 Å². The lowest BCUT2D eigenvalue weighted by atomic mass is 10.1. The summed E-state index contributed by atoms with van der Waals surface area (Å²) in [7, 11) is 0. The molecule has 0 spiro atoms. The largest absolute Gasteiger partial charge is 0.375 e. The van der Waals surface area contributed by atoms with E-state index in [0.29, 0.717) is 17.8 Å². The monoisotopic (exact) mass is 382 g/mol. The van der Waals surface area contributed by atoms with Crippen molar-refractivity contribution < 1.29 is 14.4 Å². The Labute approximate surface area is 164 Å². The second-order valence-corrected chi connectivity index (χ2v) is 7.32. The van der Waals surface area contributed by atoms with E-state index >= 15 is 0 Å². The Hall–Kier alpha value is -3.35. The van der Waals surface area contributed by atoms with Crippen LogP contribution in [0.15, 0.2) is 54.6 Å². The van der Waals surface area contributed by atoms with Gasteiger partial charge in [0.1, 0.15) is 0 Å². The average Bonchev–Trinajstić information content (AvgIpc) is 2.64. The summed E-state index contributed by atoms with van der Waals surface area (Å²) in [5.74, 6) is -0.742. The van der Waals surface area contributed by atoms with Gasteiger partial charge in [-0.15, -0.1) is 0 Å². The Morgan fingerprint density at radius 2 is 1.54 bits per heavy atom. The molecule has 0 saturated heterocycles. The number of carbonyl (C=O) groups excluding carboxylic acids is 3. The molecule has 28 heavy (non-hydrogen) atoms. The minimum absolute atomic E-state index is 0.140. The molecule has 0 saturated carbocycles. The molecule has 148 valence electrons. The molecule has 0 radical (unpaired) electrons. The van der Waals surface area contributed by atoms with Crippen molar-refractivity contribution in [1.29, 1.82) is 0 Å². The lowest BCUT2D eigenvalue weighted by Gasteiger charge is -2.21. The predicted molar refractivity (Wildman–Crippen MR) is 109 cm³/mol. The van der Waals surface area contributed by atoms with Crippen LogP contribution in [0.2, 0.25) is 0 Å². The van der Waals surface area contributed by atoms with Crippen LogP contribution in [-0.4, -0.2) is 29.9 Å². The fourth-order valence-electron chi connectivity index (χ4n) is 2.41. The summed E-state index contributed by atoms with van der Waals surface area (Å²) < 4.78 is 0. The molecule has 2 rings (SSSR count). The first kappa shape index (κ1) is 21.0. The molecule has 0 bridgehead atoms. The van der Waals surface area contributed by atoms with Crippen molar-refractivity contribution in [1.82, 2.24) is 16.0 Å². The summed E-state index contributed by atoms with van der Waals surface area (Å²) >= 11 is 0. The Balaban J connectivity index is 1.85. The summed E-state index contributed by atoms with van der Waals surface area (Å²) in [6.45, 7) is 5.86. The van der Waals surface area contributed by atoms with Gasteiger partial charge in [0, 0.05) is 17.8 Å². The van der Waals surface area contributed by atoms with Crippen molar-refractivity contribution in [3.8, 4) is 0 Å². The van der Waals surface area contributed by atoms with E-state index in [9.17, 15) is 14.4 Å². The summed E-state index contributed by atoms with van der Waals surface area (Å²) in [6, 6.07) is 15.7. The quantitative estimate of drug-likeness (QED) is 0.617. The Morgan fingerprint density at radius 3 is 2.21 bits per heavy atom. The second kappa shape index (κ2) is 9.55. The van der Waals surface area contributed by atoms with Gasteiger partial charge in [-0.3, -0.25) is 14.9 Å². The van der Waals surface area contributed by atoms with Gasteiger partial charge in [0.15, 0.2) is 0 Å². The van der Waals surface area contributed by atoms with Crippen molar-refractivity contribution in [2.75, 3.05) is 11.9 Å². The number of urea groups is 1. The van der Waals surface area contributed by atoms with E-state index in [1.165, 1.54) is 0 Å². The molecule has 0 aliphatic rings. The van der Waals surface area contributed by atoms with Gasteiger partial charge in [0.2, 0.25) is 5.91 Å². The van der Waals surface area contributed by atoms with E-state index in [0.717, 1.165) is 5.56 Å². The van der Waals surface area contributed by atoms with Crippen molar-refractivity contribution in [2.24, 2.45) is 0 Å². The summed E-state index contributed by atoms with van der Waals surface area (Å²) in [4.78, 5) is 36.3. The highest BCUT2D eigenvalue weighted by Gasteiger charge is 2.18. The lowest BCUT2D eigenvalue weighted by Crippen LogP contribution is -2.42. The summed E-state index contributed by atoms with van der Waals surface area (Å²) in [5, 5.41) is 10.7. The summed E-state index contributed by atoms with van der Waals surface area (Å²) in [5.41, 5.74) is 1.50. The lowest BCUT2D eigenvalue weighted by molar-refractivity contribution is -0.118. The van der Waals surface area contributed by atoms with Crippen LogP contribution < -0.4 is 21.3 Å². The van der Waals surface area contributed by atoms with Crippen LogP contribution in [0.1, 0.15) is 36.7 Å². The number of carbonyl (C=O) groups is 3. The van der Waals surface area contributed by atoms with Crippen LogP contribution in [0.5, 0.6) is 0 Å². The molecule has 4 N–H and O–H groups in total. The normalized spacial score (nSPS) is 10.7. The fourth-order valence-corrected chi connectivity index (χ4v) is 2.41. The fraction of sp³-hybridized carbons (Fsp3) is 0.286. The van der Waals surface area contributed by atoms with E-state index in [1.54, 1.807) is 24.3 Å². The van der Waals surface area contributed by atoms with Crippen molar-refractivity contribution in [3.05, 3.63) is 65.7 Å². The third kappa shape index (κ3) is 7.11. The summed E-state index contributed by atoms with van der Waals surface area (Å²) in [6.07, 6.45) is 0. The molecule has 0 unspecified atom stereocenters. The van der Waals surface area contributed by atoms with Gasteiger partial charge in [-0.2, -0.15) is 0 Å². The van der Waals surface area contributed by atoms with E-state index in [-0.39, 0.29) is 18.0 Å². The molecule has 7 heteroatoms. The minimum Gasteiger partial charge on any atom is -0.375 e. The number of imide groups is 1. The maximum Gasteiger partial charge on any atom is 0.321 e. The van der Waals surface area contributed by atoms with Crippen LogP contribution in [0.25, 0.3) is 0 Å². The van der Waals surface area contributed by atoms with E-state index < -0.39 is 11.9 Å². The van der Waals surface area contributed by atoms with Gasteiger partial charge in [-0.1, -0.05) is 42.5 Å². The standard InChI is InChI=1S/C21H26N4O3/c1-21(2,3)25-19(27)16-11-7-8-12-17(16)22-14-18(26)24-20(28)23-13-15-9-5-4-6-10-15/h4-12,22H,13-14H2,1-3H3,(H,25,27)(H2,23,24,26,28). The van der Waals surface area contributed by atoms with Gasteiger partial charge >= 0.3 is 6.03 Å². The molecule has 4 amide bonds. The molecule has 0 fully saturated rings. The average molecular weight is 382 g/mol. The Morgan fingerprint density at radius 1 is 0.893 bits per heavy atom. The number of para-hydroxylation sites is 1. The van der Waals surface area contributed by atoms with Crippen molar-refractivity contribution in [3.63, 3.8) is 0 Å². The first-order valence-electron chi connectivity index (χ1n) is 9.01.